The van der Waals surface area contributed by atoms with Gasteiger partial charge in [-0.3, -0.25) is 4.79 Å². The van der Waals surface area contributed by atoms with Gasteiger partial charge < -0.3 is 10.6 Å². The first-order valence-corrected chi connectivity index (χ1v) is 6.20. The summed E-state index contributed by atoms with van der Waals surface area (Å²) in [6.45, 7) is 7.71. The first-order valence-electron chi connectivity index (χ1n) is 6.20. The lowest BCUT2D eigenvalue weighted by molar-refractivity contribution is -0.120. The van der Waals surface area contributed by atoms with Crippen molar-refractivity contribution in [3.05, 3.63) is 0 Å². The lowest BCUT2D eigenvalue weighted by Crippen LogP contribution is -2.38. The van der Waals surface area contributed by atoms with Crippen molar-refractivity contribution in [2.75, 3.05) is 13.1 Å². The molecule has 0 saturated heterocycles. The number of carbonyl (C=O) groups is 1. The van der Waals surface area contributed by atoms with Gasteiger partial charge in [0.25, 0.3) is 0 Å². The Balaban J connectivity index is 3.24. The molecule has 1 unspecified atom stereocenters. The summed E-state index contributed by atoms with van der Waals surface area (Å²) in [5.74, 6) is 0.111. The zero-order valence-corrected chi connectivity index (χ0v) is 10.4. The first-order chi connectivity index (χ1) is 7.20. The maximum absolute atomic E-state index is 11.3. The number of nitrogens with one attached hydrogen (secondary N) is 2. The zero-order chi connectivity index (χ0) is 11.5. The lowest BCUT2D eigenvalue weighted by Gasteiger charge is -2.11. The molecule has 1 amide bonds. The van der Waals surface area contributed by atoms with E-state index >= 15 is 0 Å². The van der Waals surface area contributed by atoms with Gasteiger partial charge >= 0.3 is 0 Å². The molecule has 0 aliphatic rings. The summed E-state index contributed by atoms with van der Waals surface area (Å²) in [5.41, 5.74) is 0. The normalized spacial score (nSPS) is 12.5. The third kappa shape index (κ3) is 9.73. The van der Waals surface area contributed by atoms with Crippen molar-refractivity contribution >= 4 is 5.91 Å². The molecule has 0 fully saturated rings. The number of rotatable bonds is 9. The van der Waals surface area contributed by atoms with Gasteiger partial charge in [-0.15, -0.1) is 0 Å². The predicted molar refractivity (Wildman–Crippen MR) is 64.9 cm³/mol. The highest BCUT2D eigenvalue weighted by Crippen LogP contribution is 1.96. The van der Waals surface area contributed by atoms with Gasteiger partial charge in [-0.05, 0) is 26.3 Å². The van der Waals surface area contributed by atoms with E-state index in [9.17, 15) is 4.79 Å². The molecule has 0 aromatic rings. The summed E-state index contributed by atoms with van der Waals surface area (Å²) in [5, 5.41) is 6.09. The van der Waals surface area contributed by atoms with Crippen LogP contribution in [0.4, 0.5) is 0 Å². The van der Waals surface area contributed by atoms with Crippen molar-refractivity contribution in [2.45, 2.75) is 58.9 Å². The fourth-order valence-corrected chi connectivity index (χ4v) is 1.31. The van der Waals surface area contributed by atoms with Crippen molar-refractivity contribution in [1.82, 2.24) is 10.6 Å². The number of hydrogen-bond acceptors (Lipinski definition) is 2. The van der Waals surface area contributed by atoms with E-state index < -0.39 is 0 Å². The average molecular weight is 214 g/mol. The SMILES string of the molecule is CCCCCCNCC(=O)NC(C)CC. The Morgan fingerprint density at radius 1 is 1.20 bits per heavy atom. The molecule has 0 aromatic carbocycles. The highest BCUT2D eigenvalue weighted by molar-refractivity contribution is 5.78. The molecule has 0 bridgehead atoms. The second-order valence-electron chi connectivity index (χ2n) is 4.11. The summed E-state index contributed by atoms with van der Waals surface area (Å²) in [4.78, 5) is 11.3. The van der Waals surface area contributed by atoms with E-state index in [0.717, 1.165) is 13.0 Å². The molecule has 2 N–H and O–H groups in total. The Labute approximate surface area is 94.0 Å². The monoisotopic (exact) mass is 214 g/mol. The summed E-state index contributed by atoms with van der Waals surface area (Å²) >= 11 is 0. The number of unbranched alkanes of at least 4 members (excludes halogenated alkanes) is 3. The van der Waals surface area contributed by atoms with Crippen LogP contribution in [0.15, 0.2) is 0 Å². The highest BCUT2D eigenvalue weighted by atomic mass is 16.1. The molecule has 3 nitrogen and oxygen atoms in total. The Morgan fingerprint density at radius 2 is 1.93 bits per heavy atom. The van der Waals surface area contributed by atoms with Crippen LogP contribution < -0.4 is 10.6 Å². The smallest absolute Gasteiger partial charge is 0.234 e. The predicted octanol–water partition coefficient (Wildman–Crippen LogP) is 2.07. The van der Waals surface area contributed by atoms with Gasteiger partial charge in [-0.1, -0.05) is 33.1 Å². The van der Waals surface area contributed by atoms with E-state index in [1.54, 1.807) is 0 Å². The van der Waals surface area contributed by atoms with Gasteiger partial charge in [0.05, 0.1) is 6.54 Å². The van der Waals surface area contributed by atoms with Crippen LogP contribution in [-0.2, 0) is 4.79 Å². The minimum Gasteiger partial charge on any atom is -0.353 e. The molecular weight excluding hydrogens is 188 g/mol. The Bertz CT molecular complexity index is 160. The van der Waals surface area contributed by atoms with Crippen LogP contribution in [-0.4, -0.2) is 25.0 Å². The van der Waals surface area contributed by atoms with Gasteiger partial charge in [0.1, 0.15) is 0 Å². The van der Waals surface area contributed by atoms with Gasteiger partial charge in [0, 0.05) is 6.04 Å². The van der Waals surface area contributed by atoms with E-state index in [2.05, 4.69) is 24.5 Å². The second-order valence-corrected chi connectivity index (χ2v) is 4.11. The van der Waals surface area contributed by atoms with Crippen LogP contribution in [0.5, 0.6) is 0 Å². The number of carbonyl (C=O) groups excluding carboxylic acids is 1. The Morgan fingerprint density at radius 3 is 2.53 bits per heavy atom. The van der Waals surface area contributed by atoms with Crippen LogP contribution in [0.2, 0.25) is 0 Å². The third-order valence-electron chi connectivity index (χ3n) is 2.51. The van der Waals surface area contributed by atoms with Crippen LogP contribution >= 0.6 is 0 Å². The molecule has 0 aliphatic carbocycles. The molecule has 15 heavy (non-hydrogen) atoms. The average Bonchev–Trinajstić information content (AvgIpc) is 2.23. The van der Waals surface area contributed by atoms with Gasteiger partial charge in [-0.2, -0.15) is 0 Å². The fourth-order valence-electron chi connectivity index (χ4n) is 1.31. The number of hydrogen-bond donors (Lipinski definition) is 2. The van der Waals surface area contributed by atoms with E-state index in [1.807, 2.05) is 6.92 Å². The second kappa shape index (κ2) is 9.97. The topological polar surface area (TPSA) is 41.1 Å². The largest absolute Gasteiger partial charge is 0.353 e. The van der Waals surface area contributed by atoms with Crippen molar-refractivity contribution in [2.24, 2.45) is 0 Å². The molecule has 90 valence electrons. The maximum atomic E-state index is 11.3. The van der Waals surface area contributed by atoms with Gasteiger partial charge in [0.2, 0.25) is 5.91 Å². The Hall–Kier alpha value is -0.570. The summed E-state index contributed by atoms with van der Waals surface area (Å²) in [7, 11) is 0. The van der Waals surface area contributed by atoms with Crippen molar-refractivity contribution < 1.29 is 4.79 Å². The highest BCUT2D eigenvalue weighted by Gasteiger charge is 2.03. The standard InChI is InChI=1S/C12H26N2O/c1-4-6-7-8-9-13-10-12(15)14-11(3)5-2/h11,13H,4-10H2,1-3H3,(H,14,15). The maximum Gasteiger partial charge on any atom is 0.234 e. The molecule has 1 atom stereocenters. The van der Waals surface area contributed by atoms with E-state index in [0.29, 0.717) is 12.6 Å². The summed E-state index contributed by atoms with van der Waals surface area (Å²) in [6, 6.07) is 0.291. The molecule has 0 rings (SSSR count). The minimum absolute atomic E-state index is 0.111. The molecule has 0 aromatic heterocycles. The van der Waals surface area contributed by atoms with E-state index in [1.165, 1.54) is 25.7 Å². The van der Waals surface area contributed by atoms with Crippen molar-refractivity contribution in [1.29, 1.82) is 0 Å². The zero-order valence-electron chi connectivity index (χ0n) is 10.4. The summed E-state index contributed by atoms with van der Waals surface area (Å²) in [6.07, 6.45) is 5.97. The molecular formula is C12H26N2O. The lowest BCUT2D eigenvalue weighted by atomic mass is 10.2. The van der Waals surface area contributed by atoms with Crippen molar-refractivity contribution in [3.8, 4) is 0 Å². The van der Waals surface area contributed by atoms with Crippen LogP contribution in [0, 0.1) is 0 Å². The molecule has 3 heteroatoms. The molecule has 0 heterocycles. The van der Waals surface area contributed by atoms with Crippen LogP contribution in [0.25, 0.3) is 0 Å². The third-order valence-corrected chi connectivity index (χ3v) is 2.51. The molecule has 0 spiro atoms. The van der Waals surface area contributed by atoms with Gasteiger partial charge in [0.15, 0.2) is 0 Å². The van der Waals surface area contributed by atoms with Crippen LogP contribution in [0.1, 0.15) is 52.9 Å². The quantitative estimate of drug-likeness (QED) is 0.577. The fraction of sp³-hybridized carbons (Fsp3) is 0.917. The summed E-state index contributed by atoms with van der Waals surface area (Å²) < 4.78 is 0. The number of amides is 1. The van der Waals surface area contributed by atoms with Crippen LogP contribution in [0.3, 0.4) is 0 Å². The minimum atomic E-state index is 0.111. The first kappa shape index (κ1) is 14.4. The van der Waals surface area contributed by atoms with Gasteiger partial charge in [-0.25, -0.2) is 0 Å². The molecule has 0 radical (unpaired) electrons. The molecule has 0 saturated carbocycles. The Kier molecular flexibility index (Phi) is 9.59. The van der Waals surface area contributed by atoms with E-state index in [-0.39, 0.29) is 5.91 Å². The van der Waals surface area contributed by atoms with E-state index in [4.69, 9.17) is 0 Å². The van der Waals surface area contributed by atoms with Crippen molar-refractivity contribution in [3.63, 3.8) is 0 Å². The molecule has 0 aliphatic heterocycles.